The highest BCUT2D eigenvalue weighted by Crippen LogP contribution is 2.19. The van der Waals surface area contributed by atoms with Gasteiger partial charge in [-0.3, -0.25) is 24.1 Å². The van der Waals surface area contributed by atoms with Crippen molar-refractivity contribution < 1.29 is 42.7 Å². The molecule has 0 bridgehead atoms. The van der Waals surface area contributed by atoms with Gasteiger partial charge in [-0.2, -0.15) is 0 Å². The zero-order valence-electron chi connectivity index (χ0n) is 30.1. The number of amides is 4. The Morgan fingerprint density at radius 2 is 1.30 bits per heavy atom. The first-order valence-corrected chi connectivity index (χ1v) is 17.3. The van der Waals surface area contributed by atoms with E-state index in [0.717, 1.165) is 11.1 Å². The largest absolute Gasteiger partial charge is 0.508 e. The van der Waals surface area contributed by atoms with Crippen LogP contribution in [0.15, 0.2) is 100 Å². The van der Waals surface area contributed by atoms with Crippen LogP contribution in [0.2, 0.25) is 0 Å². The van der Waals surface area contributed by atoms with Gasteiger partial charge in [-0.25, -0.2) is 4.79 Å². The van der Waals surface area contributed by atoms with Crippen LogP contribution in [0.25, 0.3) is 0 Å². The highest BCUT2D eigenvalue weighted by molar-refractivity contribution is 5.93. The Balaban J connectivity index is 1.39. The Morgan fingerprint density at radius 3 is 1.87 bits per heavy atom. The number of carbonyl (C=O) groups is 5. The van der Waals surface area contributed by atoms with Gasteiger partial charge in [0.1, 0.15) is 29.4 Å². The first-order chi connectivity index (χ1) is 25.5. The number of furan rings is 2. The first-order valence-electron chi connectivity index (χ1n) is 17.3. The first kappa shape index (κ1) is 39.9. The second-order valence-corrected chi connectivity index (χ2v) is 13.0. The lowest BCUT2D eigenvalue weighted by Gasteiger charge is -2.29. The number of benzene rings is 2. The van der Waals surface area contributed by atoms with Gasteiger partial charge < -0.3 is 39.9 Å². The molecule has 4 rings (SSSR count). The Bertz CT molecular complexity index is 1710. The van der Waals surface area contributed by atoms with Crippen LogP contribution in [0.4, 0.5) is 0 Å². The number of rotatable bonds is 20. The quantitative estimate of drug-likeness (QED) is 0.0846. The second kappa shape index (κ2) is 20.2. The second-order valence-electron chi connectivity index (χ2n) is 13.0. The summed E-state index contributed by atoms with van der Waals surface area (Å²) in [5.41, 5.74) is 1.54. The zero-order valence-corrected chi connectivity index (χ0v) is 30.1. The predicted molar refractivity (Wildman–Crippen MR) is 194 cm³/mol. The van der Waals surface area contributed by atoms with Gasteiger partial charge >= 0.3 is 5.97 Å². The van der Waals surface area contributed by atoms with Crippen molar-refractivity contribution in [1.82, 2.24) is 26.2 Å². The number of carbonyl (C=O) groups excluding carboxylic acids is 5. The summed E-state index contributed by atoms with van der Waals surface area (Å²) in [5.74, 6) is -1.52. The molecule has 0 saturated carbocycles. The smallest absolute Gasteiger partial charge is 0.328 e. The lowest BCUT2D eigenvalue weighted by Crippen LogP contribution is -2.54. The molecule has 0 spiro atoms. The Morgan fingerprint density at radius 1 is 0.698 bits per heavy atom. The zero-order chi connectivity index (χ0) is 38.2. The minimum Gasteiger partial charge on any atom is -0.508 e. The van der Waals surface area contributed by atoms with Gasteiger partial charge in [-0.1, -0.05) is 56.3 Å². The van der Waals surface area contributed by atoms with Crippen LogP contribution in [-0.4, -0.2) is 77.9 Å². The third kappa shape index (κ3) is 13.3. The highest BCUT2D eigenvalue weighted by Gasteiger charge is 2.30. The molecule has 4 amide bonds. The molecule has 2 heterocycles. The summed E-state index contributed by atoms with van der Waals surface area (Å²) in [4.78, 5) is 67.3. The molecule has 0 aliphatic carbocycles. The normalized spacial score (nSPS) is 12.8. The molecule has 0 aliphatic heterocycles. The van der Waals surface area contributed by atoms with E-state index < -0.39 is 60.8 Å². The van der Waals surface area contributed by atoms with Crippen molar-refractivity contribution in [3.05, 3.63) is 114 Å². The van der Waals surface area contributed by atoms with E-state index in [2.05, 4.69) is 21.3 Å². The number of esters is 1. The molecular formula is C39H47N5O9. The van der Waals surface area contributed by atoms with Crippen LogP contribution in [0.5, 0.6) is 5.75 Å². The van der Waals surface area contributed by atoms with Crippen molar-refractivity contribution in [1.29, 1.82) is 0 Å². The van der Waals surface area contributed by atoms with E-state index in [4.69, 9.17) is 13.6 Å². The number of hydrogen-bond donors (Lipinski definition) is 5. The van der Waals surface area contributed by atoms with E-state index in [-0.39, 0.29) is 37.6 Å². The van der Waals surface area contributed by atoms with Crippen LogP contribution < -0.4 is 21.3 Å². The summed E-state index contributed by atoms with van der Waals surface area (Å²) in [6, 6.07) is 19.9. The van der Waals surface area contributed by atoms with Crippen molar-refractivity contribution in [3.63, 3.8) is 0 Å². The Kier molecular flexibility index (Phi) is 15.2. The number of ether oxygens (including phenoxy) is 1. The van der Waals surface area contributed by atoms with Gasteiger partial charge in [0.15, 0.2) is 0 Å². The number of phenolic OH excluding ortho intramolecular Hbond substituents is 1. The standard InChI is InChI=1S/C39H47N5O9/c1-26(2)19-33(39(50)51-3)43-37(48)32(20-27-9-5-4-6-10-27)42-36(47)23-40-35(46)22-41-38(49)34(21-28-13-15-29(45)16-14-28)44(24-30-11-7-17-52-30)25-31-12-8-18-53-31/h4-18,26,32-34,45H,19-25H2,1-3H3,(H,40,46)(H,41,49)(H,42,47)(H,43,48)/t32-,33-,34-/m0/s1. The molecule has 0 aliphatic rings. The fourth-order valence-electron chi connectivity index (χ4n) is 5.66. The molecule has 53 heavy (non-hydrogen) atoms. The molecule has 4 aromatic rings. The highest BCUT2D eigenvalue weighted by atomic mass is 16.5. The summed E-state index contributed by atoms with van der Waals surface area (Å²) in [7, 11) is 1.24. The molecule has 0 saturated heterocycles. The Labute approximate surface area is 308 Å². The molecule has 14 heteroatoms. The minimum absolute atomic E-state index is 0.0791. The number of phenols is 1. The summed E-state index contributed by atoms with van der Waals surface area (Å²) in [5, 5.41) is 20.3. The fraction of sp³-hybridized carbons (Fsp3) is 0.359. The number of hydrogen-bond acceptors (Lipinski definition) is 10. The lowest BCUT2D eigenvalue weighted by molar-refractivity contribution is -0.145. The number of aromatic hydroxyl groups is 1. The average molecular weight is 730 g/mol. The van der Waals surface area contributed by atoms with Crippen molar-refractivity contribution >= 4 is 29.6 Å². The monoisotopic (exact) mass is 729 g/mol. The topological polar surface area (TPSA) is 192 Å². The molecule has 2 aromatic carbocycles. The molecule has 3 atom stereocenters. The predicted octanol–water partition coefficient (Wildman–Crippen LogP) is 2.86. The molecule has 0 unspecified atom stereocenters. The van der Waals surface area contributed by atoms with Crippen LogP contribution in [0.1, 0.15) is 42.9 Å². The Hall–Kier alpha value is -5.89. The number of methoxy groups -OCH3 is 1. The maximum absolute atomic E-state index is 13.8. The van der Waals surface area contributed by atoms with Gasteiger partial charge in [0.2, 0.25) is 23.6 Å². The fourth-order valence-corrected chi connectivity index (χ4v) is 5.66. The molecule has 2 aromatic heterocycles. The molecular weight excluding hydrogens is 682 g/mol. The van der Waals surface area contributed by atoms with E-state index >= 15 is 0 Å². The van der Waals surface area contributed by atoms with Gasteiger partial charge in [0, 0.05) is 6.42 Å². The van der Waals surface area contributed by atoms with Crippen molar-refractivity contribution in [2.45, 2.75) is 64.3 Å². The number of nitrogens with one attached hydrogen (secondary N) is 4. The van der Waals surface area contributed by atoms with Crippen LogP contribution in [-0.2, 0) is 54.6 Å². The summed E-state index contributed by atoms with van der Waals surface area (Å²) >= 11 is 0. The summed E-state index contributed by atoms with van der Waals surface area (Å²) in [6.07, 6.45) is 3.78. The van der Waals surface area contributed by atoms with Crippen LogP contribution in [0, 0.1) is 5.92 Å². The van der Waals surface area contributed by atoms with Crippen molar-refractivity contribution in [2.24, 2.45) is 5.92 Å². The van der Waals surface area contributed by atoms with Crippen LogP contribution >= 0.6 is 0 Å². The number of nitrogens with zero attached hydrogens (tertiary/aromatic N) is 1. The van der Waals surface area contributed by atoms with E-state index in [9.17, 15) is 29.1 Å². The van der Waals surface area contributed by atoms with Crippen LogP contribution in [0.3, 0.4) is 0 Å². The SMILES string of the molecule is COC(=O)[C@H](CC(C)C)NC(=O)[C@H](Cc1ccccc1)NC(=O)CNC(=O)CNC(=O)[C@H](Cc1ccc(O)cc1)N(Cc1ccco1)Cc1ccco1. The van der Waals surface area contributed by atoms with E-state index in [1.54, 1.807) is 48.5 Å². The maximum Gasteiger partial charge on any atom is 0.328 e. The average Bonchev–Trinajstić information content (AvgIpc) is 3.87. The lowest BCUT2D eigenvalue weighted by atomic mass is 10.0. The molecule has 5 N–H and O–H groups in total. The third-order valence-electron chi connectivity index (χ3n) is 8.30. The molecule has 0 radical (unpaired) electrons. The van der Waals surface area contributed by atoms with Crippen molar-refractivity contribution in [2.75, 3.05) is 20.2 Å². The van der Waals surface area contributed by atoms with E-state index in [1.165, 1.54) is 31.8 Å². The summed E-state index contributed by atoms with van der Waals surface area (Å²) < 4.78 is 16.0. The summed E-state index contributed by atoms with van der Waals surface area (Å²) in [6.45, 7) is 3.42. The molecule has 282 valence electrons. The maximum atomic E-state index is 13.8. The van der Waals surface area contributed by atoms with Crippen molar-refractivity contribution in [3.8, 4) is 5.75 Å². The molecule has 14 nitrogen and oxygen atoms in total. The van der Waals surface area contributed by atoms with Gasteiger partial charge in [-0.15, -0.1) is 0 Å². The van der Waals surface area contributed by atoms with Gasteiger partial charge in [-0.05, 0) is 66.3 Å². The molecule has 0 fully saturated rings. The third-order valence-corrected chi connectivity index (χ3v) is 8.30. The minimum atomic E-state index is -1.06. The van der Waals surface area contributed by atoms with E-state index in [1.807, 2.05) is 36.9 Å². The van der Waals surface area contributed by atoms with Gasteiger partial charge in [0.25, 0.3) is 0 Å². The van der Waals surface area contributed by atoms with E-state index in [0.29, 0.717) is 17.9 Å². The van der Waals surface area contributed by atoms with Gasteiger partial charge in [0.05, 0.1) is 51.9 Å².